The highest BCUT2D eigenvalue weighted by molar-refractivity contribution is 7.99. The first-order valence-corrected chi connectivity index (χ1v) is 14.0. The number of hydrogen-bond donors (Lipinski definition) is 1. The van der Waals surface area contributed by atoms with Crippen LogP contribution in [0.4, 0.5) is 0 Å². The Hall–Kier alpha value is -2.27. The van der Waals surface area contributed by atoms with Gasteiger partial charge < -0.3 is 15.5 Å². The zero-order valence-corrected chi connectivity index (χ0v) is 20.9. The smallest absolute Gasteiger partial charge is 0.233 e. The number of aryl methyl sites for hydroxylation is 1. The summed E-state index contributed by atoms with van der Waals surface area (Å²) in [6, 6.07) is 6.05. The maximum atomic E-state index is 12.9. The SMILES string of the molecule is Cc1ccc(C(C)C)c(OCc2nnc(SCC(=O)N(C3CC3)C3CCS(=O)(=O)C3)n2N)c1. The van der Waals surface area contributed by atoms with Gasteiger partial charge in [-0.05, 0) is 49.3 Å². The predicted octanol–water partition coefficient (Wildman–Crippen LogP) is 2.27. The Bertz CT molecular complexity index is 1130. The van der Waals surface area contributed by atoms with Gasteiger partial charge in [-0.1, -0.05) is 37.7 Å². The molecule has 1 amide bonds. The second kappa shape index (κ2) is 9.54. The van der Waals surface area contributed by atoms with Crippen LogP contribution >= 0.6 is 11.8 Å². The lowest BCUT2D eigenvalue weighted by Crippen LogP contribution is -2.43. The lowest BCUT2D eigenvalue weighted by Gasteiger charge is -2.28. The number of carbonyl (C=O) groups excluding carboxylic acids is 1. The highest BCUT2D eigenvalue weighted by atomic mass is 32.2. The molecule has 1 aliphatic heterocycles. The molecule has 2 heterocycles. The van der Waals surface area contributed by atoms with Crippen molar-refractivity contribution in [2.75, 3.05) is 23.1 Å². The van der Waals surface area contributed by atoms with E-state index >= 15 is 0 Å². The molecule has 0 bridgehead atoms. The maximum Gasteiger partial charge on any atom is 0.233 e. The molecule has 1 saturated carbocycles. The number of carbonyl (C=O) groups is 1. The minimum absolute atomic E-state index is 0.0613. The normalized spacial score (nSPS) is 19.7. The fraction of sp³-hybridized carbons (Fsp3) is 0.591. The average molecular weight is 494 g/mol. The van der Waals surface area contributed by atoms with E-state index in [1.165, 1.54) is 16.4 Å². The Morgan fingerprint density at radius 2 is 2.03 bits per heavy atom. The molecule has 2 N–H and O–H groups in total. The molecule has 1 unspecified atom stereocenters. The molecule has 2 aliphatic rings. The van der Waals surface area contributed by atoms with Crippen LogP contribution in [0.15, 0.2) is 23.4 Å². The zero-order valence-electron chi connectivity index (χ0n) is 19.2. The van der Waals surface area contributed by atoms with E-state index in [1.807, 2.05) is 13.0 Å². The standard InChI is InChI=1S/C22H31N5O4S2/c1-14(2)18-7-4-15(3)10-19(18)31-11-20-24-25-22(27(20)23)32-12-21(28)26(16-5-6-16)17-8-9-33(29,30)13-17/h4,7,10,14,16-17H,5-6,8-9,11-13,23H2,1-3H3. The van der Waals surface area contributed by atoms with Gasteiger partial charge in [0.2, 0.25) is 11.1 Å². The Morgan fingerprint density at radius 3 is 2.67 bits per heavy atom. The van der Waals surface area contributed by atoms with Crippen LogP contribution in [0.3, 0.4) is 0 Å². The number of ether oxygens (including phenoxy) is 1. The molecule has 2 fully saturated rings. The van der Waals surface area contributed by atoms with Crippen molar-refractivity contribution >= 4 is 27.5 Å². The van der Waals surface area contributed by atoms with Crippen LogP contribution in [0.1, 0.15) is 56.0 Å². The summed E-state index contributed by atoms with van der Waals surface area (Å²) in [5.41, 5.74) is 2.21. The Kier molecular flexibility index (Phi) is 6.90. The van der Waals surface area contributed by atoms with Crippen LogP contribution in [0.5, 0.6) is 5.75 Å². The predicted molar refractivity (Wildman–Crippen MR) is 127 cm³/mol. The van der Waals surface area contributed by atoms with Crippen molar-refractivity contribution < 1.29 is 17.9 Å². The second-order valence-electron chi connectivity index (χ2n) is 9.13. The first kappa shape index (κ1) is 23.9. The molecule has 1 aliphatic carbocycles. The van der Waals surface area contributed by atoms with Crippen LogP contribution in [-0.4, -0.2) is 63.4 Å². The van der Waals surface area contributed by atoms with Crippen molar-refractivity contribution in [2.24, 2.45) is 0 Å². The number of nitrogens with two attached hydrogens (primary N) is 1. The molecule has 0 spiro atoms. The third-order valence-electron chi connectivity index (χ3n) is 6.04. The Balaban J connectivity index is 1.37. The fourth-order valence-electron chi connectivity index (χ4n) is 4.14. The number of rotatable bonds is 9. The summed E-state index contributed by atoms with van der Waals surface area (Å²) in [4.78, 5) is 14.7. The van der Waals surface area contributed by atoms with Gasteiger partial charge in [-0.3, -0.25) is 4.79 Å². The Morgan fingerprint density at radius 1 is 1.27 bits per heavy atom. The molecule has 33 heavy (non-hydrogen) atoms. The summed E-state index contributed by atoms with van der Waals surface area (Å²) in [6.45, 7) is 6.40. The maximum absolute atomic E-state index is 12.9. The van der Waals surface area contributed by atoms with Crippen molar-refractivity contribution in [3.05, 3.63) is 35.2 Å². The highest BCUT2D eigenvalue weighted by Crippen LogP contribution is 2.33. The van der Waals surface area contributed by atoms with E-state index in [0.717, 1.165) is 29.7 Å². The summed E-state index contributed by atoms with van der Waals surface area (Å²) in [6.07, 6.45) is 2.37. The minimum Gasteiger partial charge on any atom is -0.485 e. The van der Waals surface area contributed by atoms with E-state index in [-0.39, 0.29) is 41.9 Å². The van der Waals surface area contributed by atoms with Crippen LogP contribution < -0.4 is 10.6 Å². The van der Waals surface area contributed by atoms with Crippen molar-refractivity contribution in [2.45, 2.75) is 69.8 Å². The summed E-state index contributed by atoms with van der Waals surface area (Å²) in [7, 11) is -3.05. The van der Waals surface area contributed by atoms with Crippen molar-refractivity contribution in [1.29, 1.82) is 0 Å². The molecular weight excluding hydrogens is 462 g/mol. The van der Waals surface area contributed by atoms with Crippen LogP contribution in [0.2, 0.25) is 0 Å². The molecule has 1 atom stereocenters. The molecule has 9 nitrogen and oxygen atoms in total. The van der Waals surface area contributed by atoms with Gasteiger partial charge in [0.1, 0.15) is 12.4 Å². The van der Waals surface area contributed by atoms with Crippen LogP contribution in [-0.2, 0) is 21.2 Å². The number of thioether (sulfide) groups is 1. The third-order valence-corrected chi connectivity index (χ3v) is 8.72. The van der Waals surface area contributed by atoms with Gasteiger partial charge in [0.15, 0.2) is 15.7 Å². The molecule has 2 aromatic rings. The molecule has 1 saturated heterocycles. The van der Waals surface area contributed by atoms with Gasteiger partial charge in [0.25, 0.3) is 0 Å². The molecule has 180 valence electrons. The monoisotopic (exact) mass is 493 g/mol. The van der Waals surface area contributed by atoms with E-state index in [1.54, 1.807) is 4.90 Å². The number of amides is 1. The molecule has 0 radical (unpaired) electrons. The summed E-state index contributed by atoms with van der Waals surface area (Å²) >= 11 is 1.21. The van der Waals surface area contributed by atoms with E-state index in [0.29, 0.717) is 23.3 Å². The van der Waals surface area contributed by atoms with Gasteiger partial charge >= 0.3 is 0 Å². The lowest BCUT2D eigenvalue weighted by atomic mass is 10.0. The van der Waals surface area contributed by atoms with Crippen LogP contribution in [0.25, 0.3) is 0 Å². The van der Waals surface area contributed by atoms with E-state index in [4.69, 9.17) is 10.6 Å². The van der Waals surface area contributed by atoms with E-state index in [9.17, 15) is 13.2 Å². The minimum atomic E-state index is -3.05. The number of hydrogen-bond acceptors (Lipinski definition) is 8. The number of benzene rings is 1. The van der Waals surface area contributed by atoms with Gasteiger partial charge in [0.05, 0.1) is 17.3 Å². The summed E-state index contributed by atoms with van der Waals surface area (Å²) in [5, 5.41) is 8.67. The molecule has 11 heteroatoms. The van der Waals surface area contributed by atoms with Crippen LogP contribution in [0, 0.1) is 6.92 Å². The average Bonchev–Trinajstić information content (AvgIpc) is 3.42. The topological polar surface area (TPSA) is 120 Å². The second-order valence-corrected chi connectivity index (χ2v) is 12.3. The van der Waals surface area contributed by atoms with E-state index in [2.05, 4.69) is 36.2 Å². The molecular formula is C22H31N5O4S2. The number of aromatic nitrogens is 3. The van der Waals surface area contributed by atoms with Gasteiger partial charge in [0, 0.05) is 12.1 Å². The number of nitrogen functional groups attached to an aromatic ring is 1. The lowest BCUT2D eigenvalue weighted by molar-refractivity contribution is -0.130. The zero-order chi connectivity index (χ0) is 23.8. The first-order chi connectivity index (χ1) is 15.6. The largest absolute Gasteiger partial charge is 0.485 e. The molecule has 4 rings (SSSR count). The van der Waals surface area contributed by atoms with Gasteiger partial charge in [-0.2, -0.15) is 0 Å². The van der Waals surface area contributed by atoms with Gasteiger partial charge in [-0.15, -0.1) is 10.2 Å². The quantitative estimate of drug-likeness (QED) is 0.417. The molecule has 1 aromatic heterocycles. The first-order valence-electron chi connectivity index (χ1n) is 11.2. The van der Waals surface area contributed by atoms with Crippen molar-refractivity contribution in [3.8, 4) is 5.75 Å². The van der Waals surface area contributed by atoms with Crippen molar-refractivity contribution in [1.82, 2.24) is 19.8 Å². The molecule has 1 aromatic carbocycles. The number of nitrogens with zero attached hydrogens (tertiary/aromatic N) is 4. The van der Waals surface area contributed by atoms with Gasteiger partial charge in [-0.25, -0.2) is 13.1 Å². The van der Waals surface area contributed by atoms with E-state index < -0.39 is 9.84 Å². The fourth-order valence-corrected chi connectivity index (χ4v) is 6.60. The number of sulfone groups is 1. The Labute approximate surface area is 199 Å². The third kappa shape index (κ3) is 5.63. The highest BCUT2D eigenvalue weighted by Gasteiger charge is 2.42. The summed E-state index contributed by atoms with van der Waals surface area (Å²) < 4.78 is 31.1. The van der Waals surface area contributed by atoms with Crippen molar-refractivity contribution in [3.63, 3.8) is 0 Å². The summed E-state index contributed by atoms with van der Waals surface area (Å²) in [5.74, 6) is 8.02.